The van der Waals surface area contributed by atoms with Crippen LogP contribution in [0.25, 0.3) is 21.1 Å². The van der Waals surface area contributed by atoms with Crippen molar-refractivity contribution in [3.63, 3.8) is 0 Å². The number of anilines is 2. The minimum Gasteiger partial charge on any atom is -0.381 e. The van der Waals surface area contributed by atoms with Crippen LogP contribution in [-0.4, -0.2) is 33.0 Å². The molecule has 0 aliphatic rings. The summed E-state index contributed by atoms with van der Waals surface area (Å²) in [5, 5.41) is 17.5. The van der Waals surface area contributed by atoms with Crippen molar-refractivity contribution in [2.45, 2.75) is 12.1 Å². The molecule has 8 nitrogen and oxygen atoms in total. The second-order valence-corrected chi connectivity index (χ2v) is 8.88. The van der Waals surface area contributed by atoms with E-state index >= 15 is 0 Å². The van der Waals surface area contributed by atoms with Crippen LogP contribution in [0.3, 0.4) is 0 Å². The number of aromatic nitrogens is 2. The van der Waals surface area contributed by atoms with Gasteiger partial charge in [0.15, 0.2) is 12.1 Å². The average Bonchev–Trinajstić information content (AvgIpc) is 3.45. The van der Waals surface area contributed by atoms with Gasteiger partial charge >= 0.3 is 0 Å². The number of carbonyl (C=O) groups is 2. The van der Waals surface area contributed by atoms with E-state index < -0.39 is 18.1 Å². The van der Waals surface area contributed by atoms with Gasteiger partial charge < -0.3 is 26.5 Å². The predicted octanol–water partition coefficient (Wildman–Crippen LogP) is 3.83. The van der Waals surface area contributed by atoms with Crippen molar-refractivity contribution in [2.75, 3.05) is 11.1 Å². The maximum Gasteiger partial charge on any atom is 0.261 e. The number of amides is 2. The topological polar surface area (TPSA) is 133 Å². The van der Waals surface area contributed by atoms with Crippen LogP contribution in [0.5, 0.6) is 0 Å². The number of carbonyl (C=O) groups excluding carboxylic acids is 2. The number of imidazole rings is 1. The van der Waals surface area contributed by atoms with Gasteiger partial charge in [0, 0.05) is 10.4 Å². The fourth-order valence-electron chi connectivity index (χ4n) is 3.79. The van der Waals surface area contributed by atoms with Crippen LogP contribution in [-0.2, 0) is 4.79 Å². The van der Waals surface area contributed by atoms with E-state index in [2.05, 4.69) is 20.6 Å². The van der Waals surface area contributed by atoms with Gasteiger partial charge in [-0.15, -0.1) is 11.3 Å². The van der Waals surface area contributed by atoms with Crippen molar-refractivity contribution >= 4 is 55.9 Å². The zero-order valence-corrected chi connectivity index (χ0v) is 18.7. The number of thiophene rings is 1. The highest BCUT2D eigenvalue weighted by atomic mass is 32.1. The average molecular weight is 472 g/mol. The van der Waals surface area contributed by atoms with Gasteiger partial charge in [-0.2, -0.15) is 0 Å². The number of benzene rings is 3. The molecule has 2 unspecified atom stereocenters. The molecule has 0 fully saturated rings. The SMILES string of the molecule is Nc1nc2ccc(NC(=O)C(O)C(NC(=O)c3cc4ccccc4s3)c3ccccc3)cc2[nH]1. The van der Waals surface area contributed by atoms with Crippen molar-refractivity contribution < 1.29 is 14.7 Å². The van der Waals surface area contributed by atoms with E-state index in [0.717, 1.165) is 10.1 Å². The first-order valence-electron chi connectivity index (χ1n) is 10.6. The Bertz CT molecular complexity index is 1460. The summed E-state index contributed by atoms with van der Waals surface area (Å²) >= 11 is 1.35. The van der Waals surface area contributed by atoms with Crippen molar-refractivity contribution in [3.8, 4) is 0 Å². The van der Waals surface area contributed by atoms with Gasteiger partial charge in [-0.1, -0.05) is 48.5 Å². The number of rotatable bonds is 6. The van der Waals surface area contributed by atoms with Crippen LogP contribution >= 0.6 is 11.3 Å². The molecule has 3 aromatic carbocycles. The van der Waals surface area contributed by atoms with Gasteiger partial charge in [-0.3, -0.25) is 9.59 Å². The summed E-state index contributed by atoms with van der Waals surface area (Å²) in [5.41, 5.74) is 8.06. The number of aliphatic hydroxyl groups is 1. The molecule has 2 aromatic heterocycles. The maximum absolute atomic E-state index is 13.1. The van der Waals surface area contributed by atoms with Crippen molar-refractivity contribution in [1.82, 2.24) is 15.3 Å². The Morgan fingerprint density at radius 1 is 1.00 bits per heavy atom. The lowest BCUT2D eigenvalue weighted by Crippen LogP contribution is -2.42. The Morgan fingerprint density at radius 2 is 1.76 bits per heavy atom. The third-order valence-electron chi connectivity index (χ3n) is 5.45. The second kappa shape index (κ2) is 8.97. The van der Waals surface area contributed by atoms with Gasteiger partial charge in [0.25, 0.3) is 11.8 Å². The third kappa shape index (κ3) is 4.34. The Kier molecular flexibility index (Phi) is 5.70. The molecule has 5 rings (SSSR count). The molecule has 5 aromatic rings. The fourth-order valence-corrected chi connectivity index (χ4v) is 4.75. The van der Waals surface area contributed by atoms with Gasteiger partial charge in [0.2, 0.25) is 0 Å². The Balaban J connectivity index is 1.39. The molecule has 0 radical (unpaired) electrons. The van der Waals surface area contributed by atoms with E-state index in [9.17, 15) is 14.7 Å². The third-order valence-corrected chi connectivity index (χ3v) is 6.56. The number of hydrogen-bond acceptors (Lipinski definition) is 6. The van der Waals surface area contributed by atoms with E-state index in [1.807, 2.05) is 30.3 Å². The Morgan fingerprint density at radius 3 is 2.56 bits per heavy atom. The number of nitrogens with one attached hydrogen (secondary N) is 3. The van der Waals surface area contributed by atoms with Crippen LogP contribution in [0, 0.1) is 0 Å². The first-order chi connectivity index (χ1) is 16.5. The normalized spacial score (nSPS) is 13.0. The van der Waals surface area contributed by atoms with Gasteiger partial charge in [-0.05, 0) is 41.3 Å². The van der Waals surface area contributed by atoms with Crippen LogP contribution < -0.4 is 16.4 Å². The monoisotopic (exact) mass is 471 g/mol. The molecule has 0 saturated heterocycles. The summed E-state index contributed by atoms with van der Waals surface area (Å²) < 4.78 is 0.983. The van der Waals surface area contributed by atoms with Crippen LogP contribution in [0.1, 0.15) is 21.3 Å². The number of nitrogen functional groups attached to an aromatic ring is 1. The number of fused-ring (bicyclic) bond motifs is 2. The molecule has 2 heterocycles. The molecule has 0 aliphatic heterocycles. The van der Waals surface area contributed by atoms with Crippen LogP contribution in [0.4, 0.5) is 11.6 Å². The zero-order valence-electron chi connectivity index (χ0n) is 17.9. The summed E-state index contributed by atoms with van der Waals surface area (Å²) in [4.78, 5) is 33.6. The lowest BCUT2D eigenvalue weighted by Gasteiger charge is -2.24. The quantitative estimate of drug-likeness (QED) is 0.257. The molecular weight excluding hydrogens is 450 g/mol. The summed E-state index contributed by atoms with van der Waals surface area (Å²) in [6.07, 6.45) is -1.54. The lowest BCUT2D eigenvalue weighted by molar-refractivity contribution is -0.125. The van der Waals surface area contributed by atoms with Crippen molar-refractivity contribution in [2.24, 2.45) is 0 Å². The Labute approximate surface area is 198 Å². The molecule has 6 N–H and O–H groups in total. The van der Waals surface area contributed by atoms with Crippen LogP contribution in [0.15, 0.2) is 78.9 Å². The molecule has 0 spiro atoms. The molecule has 2 atom stereocenters. The van der Waals surface area contributed by atoms with E-state index in [1.165, 1.54) is 11.3 Å². The van der Waals surface area contributed by atoms with E-state index in [0.29, 0.717) is 27.2 Å². The summed E-state index contributed by atoms with van der Waals surface area (Å²) in [7, 11) is 0. The molecule has 9 heteroatoms. The summed E-state index contributed by atoms with van der Waals surface area (Å²) in [6, 6.07) is 22.5. The highest BCUT2D eigenvalue weighted by Crippen LogP contribution is 2.27. The molecule has 0 aliphatic carbocycles. The first-order valence-corrected chi connectivity index (χ1v) is 11.4. The molecule has 0 saturated carbocycles. The minimum absolute atomic E-state index is 0.270. The number of aromatic amines is 1. The second-order valence-electron chi connectivity index (χ2n) is 7.80. The summed E-state index contributed by atoms with van der Waals surface area (Å²) in [6.45, 7) is 0. The van der Waals surface area contributed by atoms with Gasteiger partial charge in [0.05, 0.1) is 22.0 Å². The standard InChI is InChI=1S/C25H21N5O3S/c26-25-28-17-11-10-16(13-18(17)29-25)27-24(33)22(31)21(14-6-2-1-3-7-14)30-23(32)20-12-15-8-4-5-9-19(15)34-20/h1-13,21-22,31H,(H,27,33)(H,30,32)(H3,26,28,29). The zero-order chi connectivity index (χ0) is 23.7. The molecule has 2 amide bonds. The van der Waals surface area contributed by atoms with E-state index in [1.54, 1.807) is 48.5 Å². The summed E-state index contributed by atoms with van der Waals surface area (Å²) in [5.74, 6) is -0.750. The lowest BCUT2D eigenvalue weighted by atomic mass is 10.0. The van der Waals surface area contributed by atoms with Crippen molar-refractivity contribution in [3.05, 3.63) is 89.3 Å². The van der Waals surface area contributed by atoms with Gasteiger partial charge in [-0.25, -0.2) is 4.98 Å². The molecular formula is C25H21N5O3S. The fraction of sp³-hybridized carbons (Fsp3) is 0.0800. The molecule has 170 valence electrons. The van der Waals surface area contributed by atoms with E-state index in [4.69, 9.17) is 5.73 Å². The largest absolute Gasteiger partial charge is 0.381 e. The number of hydrogen-bond donors (Lipinski definition) is 5. The molecule has 0 bridgehead atoms. The molecule has 34 heavy (non-hydrogen) atoms. The van der Waals surface area contributed by atoms with Gasteiger partial charge in [0.1, 0.15) is 0 Å². The first kappa shape index (κ1) is 21.6. The number of aliphatic hydroxyl groups excluding tert-OH is 1. The number of nitrogens with zero attached hydrogens (tertiary/aromatic N) is 1. The minimum atomic E-state index is -1.54. The van der Waals surface area contributed by atoms with E-state index in [-0.39, 0.29) is 11.9 Å². The highest BCUT2D eigenvalue weighted by molar-refractivity contribution is 7.20. The maximum atomic E-state index is 13.1. The predicted molar refractivity (Wildman–Crippen MR) is 134 cm³/mol. The highest BCUT2D eigenvalue weighted by Gasteiger charge is 2.30. The number of nitrogens with two attached hydrogens (primary N) is 1. The number of H-pyrrole nitrogens is 1. The van der Waals surface area contributed by atoms with Crippen LogP contribution in [0.2, 0.25) is 0 Å². The smallest absolute Gasteiger partial charge is 0.261 e. The Hall–Kier alpha value is -4.21. The van der Waals surface area contributed by atoms with Crippen molar-refractivity contribution in [1.29, 1.82) is 0 Å².